The Morgan fingerprint density at radius 1 is 1.33 bits per heavy atom. The van der Waals surface area contributed by atoms with E-state index in [0.717, 1.165) is 12.6 Å². The molecule has 2 aromatic rings. The number of benzene rings is 1. The van der Waals surface area contributed by atoms with Crippen molar-refractivity contribution in [1.29, 1.82) is 0 Å². The summed E-state index contributed by atoms with van der Waals surface area (Å²) < 4.78 is 31.4. The van der Waals surface area contributed by atoms with Crippen LogP contribution in [0.1, 0.15) is 24.2 Å². The van der Waals surface area contributed by atoms with Gasteiger partial charge in [-0.15, -0.1) is 0 Å². The van der Waals surface area contributed by atoms with Gasteiger partial charge >= 0.3 is 0 Å². The molecule has 2 rings (SSSR count). The quantitative estimate of drug-likeness (QED) is 0.886. The maximum absolute atomic E-state index is 13.4. The van der Waals surface area contributed by atoms with E-state index in [0.29, 0.717) is 12.4 Å². The van der Waals surface area contributed by atoms with Crippen molar-refractivity contribution in [3.8, 4) is 0 Å². The number of halogens is 2. The molecule has 0 unspecified atom stereocenters. The zero-order valence-electron chi connectivity index (χ0n) is 9.91. The fraction of sp³-hybridized carbons (Fsp3) is 0.333. The van der Waals surface area contributed by atoms with Crippen molar-refractivity contribution in [1.82, 2.24) is 15.5 Å². The van der Waals surface area contributed by atoms with E-state index in [-0.39, 0.29) is 17.9 Å². The summed E-state index contributed by atoms with van der Waals surface area (Å²) in [5.41, 5.74) is 0.202. The van der Waals surface area contributed by atoms with E-state index in [1.54, 1.807) is 0 Å². The highest BCUT2D eigenvalue weighted by Gasteiger charge is 2.12. The molecule has 6 heteroatoms. The molecule has 4 nitrogen and oxygen atoms in total. The van der Waals surface area contributed by atoms with Crippen LogP contribution in [0.2, 0.25) is 0 Å². The Balaban J connectivity index is 2.09. The Kier molecular flexibility index (Phi) is 3.99. The van der Waals surface area contributed by atoms with E-state index in [1.165, 1.54) is 12.1 Å². The van der Waals surface area contributed by atoms with Gasteiger partial charge in [0, 0.05) is 5.56 Å². The first-order valence-corrected chi connectivity index (χ1v) is 5.65. The molecule has 0 aliphatic carbocycles. The minimum absolute atomic E-state index is 0.0860. The molecular formula is C12H13F2N3O. The predicted octanol–water partition coefficient (Wildman–Crippen LogP) is 2.05. The van der Waals surface area contributed by atoms with Crippen molar-refractivity contribution in [2.24, 2.45) is 0 Å². The highest BCUT2D eigenvalue weighted by Crippen LogP contribution is 2.14. The van der Waals surface area contributed by atoms with Crippen LogP contribution in [0, 0.1) is 11.6 Å². The lowest BCUT2D eigenvalue weighted by Gasteiger charge is -1.99. The third-order valence-corrected chi connectivity index (χ3v) is 2.42. The normalized spacial score (nSPS) is 10.8. The molecule has 0 radical (unpaired) electrons. The summed E-state index contributed by atoms with van der Waals surface area (Å²) in [7, 11) is 0. The van der Waals surface area contributed by atoms with Crippen LogP contribution in [0.3, 0.4) is 0 Å². The second-order valence-electron chi connectivity index (χ2n) is 3.77. The Morgan fingerprint density at radius 3 is 2.94 bits per heavy atom. The third-order valence-electron chi connectivity index (χ3n) is 2.42. The summed E-state index contributed by atoms with van der Waals surface area (Å²) in [5, 5.41) is 6.78. The molecule has 18 heavy (non-hydrogen) atoms. The first kappa shape index (κ1) is 12.6. The van der Waals surface area contributed by atoms with Gasteiger partial charge in [0.2, 0.25) is 5.89 Å². The van der Waals surface area contributed by atoms with Crippen LogP contribution in [0.25, 0.3) is 0 Å². The molecule has 1 heterocycles. The van der Waals surface area contributed by atoms with Gasteiger partial charge in [0.05, 0.1) is 13.0 Å². The van der Waals surface area contributed by atoms with Crippen LogP contribution in [-0.4, -0.2) is 16.7 Å². The monoisotopic (exact) mass is 253 g/mol. The lowest BCUT2D eigenvalue weighted by molar-refractivity contribution is 0.375. The number of hydrogen-bond donors (Lipinski definition) is 1. The first-order chi connectivity index (χ1) is 8.70. The Labute approximate surface area is 103 Å². The van der Waals surface area contributed by atoms with Gasteiger partial charge in [0.25, 0.3) is 0 Å². The Hall–Kier alpha value is -1.82. The van der Waals surface area contributed by atoms with Crippen molar-refractivity contribution in [3.63, 3.8) is 0 Å². The number of aromatic nitrogens is 2. The molecular weight excluding hydrogens is 240 g/mol. The second-order valence-corrected chi connectivity index (χ2v) is 3.77. The molecule has 0 bridgehead atoms. The van der Waals surface area contributed by atoms with Crippen LogP contribution >= 0.6 is 0 Å². The molecule has 0 aliphatic heterocycles. The summed E-state index contributed by atoms with van der Waals surface area (Å²) in [6, 6.07) is 4.01. The smallest absolute Gasteiger partial charge is 0.231 e. The zero-order chi connectivity index (χ0) is 13.0. The van der Waals surface area contributed by atoms with E-state index in [1.807, 2.05) is 6.92 Å². The van der Waals surface area contributed by atoms with Crippen LogP contribution in [0.15, 0.2) is 22.7 Å². The highest BCUT2D eigenvalue weighted by atomic mass is 19.2. The van der Waals surface area contributed by atoms with Gasteiger partial charge in [-0.25, -0.2) is 8.78 Å². The largest absolute Gasteiger partial charge is 0.339 e. The maximum Gasteiger partial charge on any atom is 0.231 e. The molecule has 0 fully saturated rings. The van der Waals surface area contributed by atoms with Crippen LogP contribution in [0.5, 0.6) is 0 Å². The van der Waals surface area contributed by atoms with Crippen molar-refractivity contribution >= 4 is 0 Å². The standard InChI is InChI=1S/C12H13F2N3O/c1-2-15-7-10-16-11(18-17-10)6-8-4-3-5-9(13)12(8)14/h3-5,15H,2,6-7H2,1H3. The molecule has 0 atom stereocenters. The van der Waals surface area contributed by atoms with Gasteiger partial charge in [-0.3, -0.25) is 0 Å². The lowest BCUT2D eigenvalue weighted by Crippen LogP contribution is -2.12. The van der Waals surface area contributed by atoms with E-state index in [9.17, 15) is 8.78 Å². The second kappa shape index (κ2) is 5.68. The number of nitrogens with zero attached hydrogens (tertiary/aromatic N) is 2. The fourth-order valence-corrected chi connectivity index (χ4v) is 1.52. The summed E-state index contributed by atoms with van der Waals surface area (Å²) in [6.07, 6.45) is 0.0860. The van der Waals surface area contributed by atoms with E-state index in [2.05, 4.69) is 15.5 Å². The van der Waals surface area contributed by atoms with Crippen molar-refractivity contribution in [2.75, 3.05) is 6.54 Å². The molecule has 0 saturated carbocycles. The van der Waals surface area contributed by atoms with Gasteiger partial charge in [-0.2, -0.15) is 4.98 Å². The van der Waals surface area contributed by atoms with Gasteiger partial charge in [0.15, 0.2) is 17.5 Å². The van der Waals surface area contributed by atoms with Gasteiger partial charge in [0.1, 0.15) is 0 Å². The minimum atomic E-state index is -0.875. The van der Waals surface area contributed by atoms with Gasteiger partial charge in [-0.1, -0.05) is 24.2 Å². The third kappa shape index (κ3) is 2.89. The summed E-state index contributed by atoms with van der Waals surface area (Å²) >= 11 is 0. The van der Waals surface area contributed by atoms with Crippen molar-refractivity contribution in [2.45, 2.75) is 19.9 Å². The summed E-state index contributed by atoms with van der Waals surface area (Å²) in [4.78, 5) is 4.08. The zero-order valence-corrected chi connectivity index (χ0v) is 9.91. The topological polar surface area (TPSA) is 51.0 Å². The molecule has 96 valence electrons. The average molecular weight is 253 g/mol. The average Bonchev–Trinajstić information content (AvgIpc) is 2.80. The molecule has 1 N–H and O–H groups in total. The number of nitrogens with one attached hydrogen (secondary N) is 1. The van der Waals surface area contributed by atoms with E-state index < -0.39 is 11.6 Å². The van der Waals surface area contributed by atoms with E-state index >= 15 is 0 Å². The van der Waals surface area contributed by atoms with Gasteiger partial charge < -0.3 is 9.84 Å². The molecule has 1 aromatic heterocycles. The van der Waals surface area contributed by atoms with E-state index in [4.69, 9.17) is 4.52 Å². The minimum Gasteiger partial charge on any atom is -0.339 e. The number of hydrogen-bond acceptors (Lipinski definition) is 4. The summed E-state index contributed by atoms with van der Waals surface area (Å²) in [6.45, 7) is 3.25. The molecule has 1 aromatic carbocycles. The van der Waals surface area contributed by atoms with Gasteiger partial charge in [-0.05, 0) is 12.6 Å². The first-order valence-electron chi connectivity index (χ1n) is 5.65. The molecule has 0 spiro atoms. The molecule has 0 aliphatic rings. The summed E-state index contributed by atoms with van der Waals surface area (Å²) in [5.74, 6) is -0.972. The van der Waals surface area contributed by atoms with Crippen LogP contribution in [-0.2, 0) is 13.0 Å². The maximum atomic E-state index is 13.4. The van der Waals surface area contributed by atoms with Crippen molar-refractivity contribution < 1.29 is 13.3 Å². The highest BCUT2D eigenvalue weighted by molar-refractivity contribution is 5.21. The Morgan fingerprint density at radius 2 is 2.17 bits per heavy atom. The number of rotatable bonds is 5. The van der Waals surface area contributed by atoms with Crippen LogP contribution in [0.4, 0.5) is 8.78 Å². The van der Waals surface area contributed by atoms with Crippen molar-refractivity contribution in [3.05, 3.63) is 47.1 Å². The predicted molar refractivity (Wildman–Crippen MR) is 60.8 cm³/mol. The Bertz CT molecular complexity index is 528. The van der Waals surface area contributed by atoms with Crippen LogP contribution < -0.4 is 5.32 Å². The fourth-order valence-electron chi connectivity index (χ4n) is 1.52. The SMILES string of the molecule is CCNCc1noc(Cc2cccc(F)c2F)n1. The lowest BCUT2D eigenvalue weighted by atomic mass is 10.1. The molecule has 0 amide bonds. The molecule has 0 saturated heterocycles.